The summed E-state index contributed by atoms with van der Waals surface area (Å²) >= 11 is 1.64. The van der Waals surface area contributed by atoms with E-state index in [1.165, 1.54) is 0 Å². The molecule has 3 nitrogen and oxygen atoms in total. The summed E-state index contributed by atoms with van der Waals surface area (Å²) in [5, 5.41) is 7.25. The summed E-state index contributed by atoms with van der Waals surface area (Å²) < 4.78 is 0. The molecule has 1 aliphatic rings. The third-order valence-corrected chi connectivity index (χ3v) is 3.38. The molecule has 4 heteroatoms. The predicted molar refractivity (Wildman–Crippen MR) is 63.2 cm³/mol. The average Bonchev–Trinajstić information content (AvgIpc) is 2.88. The highest BCUT2D eigenvalue weighted by atomic mass is 32.1. The maximum absolute atomic E-state index is 11.9. The lowest BCUT2D eigenvalue weighted by Crippen LogP contribution is -2.39. The molecule has 82 valence electrons. The van der Waals surface area contributed by atoms with Crippen LogP contribution < -0.4 is 5.32 Å². The van der Waals surface area contributed by atoms with E-state index in [0.29, 0.717) is 0 Å². The van der Waals surface area contributed by atoms with Gasteiger partial charge in [0.2, 0.25) is 5.91 Å². The van der Waals surface area contributed by atoms with Gasteiger partial charge in [-0.05, 0) is 31.2 Å². The van der Waals surface area contributed by atoms with Gasteiger partial charge in [0.25, 0.3) is 0 Å². The lowest BCUT2D eigenvalue weighted by Gasteiger charge is -2.21. The first-order chi connectivity index (χ1) is 7.27. The van der Waals surface area contributed by atoms with E-state index in [1.807, 2.05) is 28.7 Å². The lowest BCUT2D eigenvalue weighted by molar-refractivity contribution is -0.130. The van der Waals surface area contributed by atoms with Crippen molar-refractivity contribution in [3.63, 3.8) is 0 Å². The Morgan fingerprint density at radius 2 is 2.27 bits per heavy atom. The number of thiophene rings is 1. The minimum atomic E-state index is -0.113. The van der Waals surface area contributed by atoms with Crippen LogP contribution in [0, 0.1) is 0 Å². The number of rotatable bonds is 3. The zero-order chi connectivity index (χ0) is 10.7. The minimum absolute atomic E-state index is 0.113. The summed E-state index contributed by atoms with van der Waals surface area (Å²) in [7, 11) is 0. The smallest absolute Gasteiger partial charge is 0.244 e. The van der Waals surface area contributed by atoms with Crippen LogP contribution in [0.5, 0.6) is 0 Å². The van der Waals surface area contributed by atoms with Crippen molar-refractivity contribution < 1.29 is 4.79 Å². The van der Waals surface area contributed by atoms with Crippen LogP contribution in [-0.4, -0.2) is 29.9 Å². The molecule has 0 aliphatic carbocycles. The van der Waals surface area contributed by atoms with Gasteiger partial charge in [-0.2, -0.15) is 11.3 Å². The maximum atomic E-state index is 11.9. The Morgan fingerprint density at radius 3 is 2.87 bits per heavy atom. The van der Waals surface area contributed by atoms with Gasteiger partial charge in [-0.3, -0.25) is 4.79 Å². The van der Waals surface area contributed by atoms with Crippen molar-refractivity contribution in [1.29, 1.82) is 0 Å². The number of hydrogen-bond acceptors (Lipinski definition) is 3. The first kappa shape index (κ1) is 10.5. The molecular weight excluding hydrogens is 208 g/mol. The number of nitrogens with zero attached hydrogens (tertiary/aromatic N) is 1. The summed E-state index contributed by atoms with van der Waals surface area (Å²) in [4.78, 5) is 13.9. The zero-order valence-electron chi connectivity index (χ0n) is 8.90. The minimum Gasteiger partial charge on any atom is -0.373 e. The highest BCUT2D eigenvalue weighted by Crippen LogP contribution is 2.15. The van der Waals surface area contributed by atoms with Crippen molar-refractivity contribution in [2.24, 2.45) is 0 Å². The monoisotopic (exact) mass is 224 g/mol. The third-order valence-electron chi connectivity index (χ3n) is 2.69. The molecule has 2 rings (SSSR count). The molecule has 1 aliphatic heterocycles. The molecule has 1 aromatic rings. The normalized spacial score (nSPS) is 17.8. The Balaban J connectivity index is 1.89. The second-order valence-electron chi connectivity index (χ2n) is 3.91. The largest absolute Gasteiger partial charge is 0.373 e. The number of hydrogen-bond donors (Lipinski definition) is 1. The van der Waals surface area contributed by atoms with Gasteiger partial charge in [0, 0.05) is 24.2 Å². The van der Waals surface area contributed by atoms with Gasteiger partial charge < -0.3 is 10.2 Å². The molecule has 1 N–H and O–H groups in total. The number of likely N-dealkylation sites (tertiary alicyclic amines) is 1. The molecule has 1 aromatic heterocycles. The van der Waals surface area contributed by atoms with Gasteiger partial charge >= 0.3 is 0 Å². The molecule has 1 amide bonds. The molecular formula is C11H16N2OS. The Morgan fingerprint density at radius 1 is 1.53 bits per heavy atom. The van der Waals surface area contributed by atoms with E-state index in [1.54, 1.807) is 11.3 Å². The molecule has 1 saturated heterocycles. The van der Waals surface area contributed by atoms with E-state index < -0.39 is 0 Å². The van der Waals surface area contributed by atoms with Gasteiger partial charge in [0.05, 0.1) is 0 Å². The predicted octanol–water partition coefficient (Wildman–Crippen LogP) is 2.17. The van der Waals surface area contributed by atoms with E-state index in [4.69, 9.17) is 0 Å². The van der Waals surface area contributed by atoms with Crippen LogP contribution in [0.15, 0.2) is 16.8 Å². The molecule has 15 heavy (non-hydrogen) atoms. The molecule has 2 heterocycles. The summed E-state index contributed by atoms with van der Waals surface area (Å²) in [5.74, 6) is 0.221. The van der Waals surface area contributed by atoms with Gasteiger partial charge in [-0.25, -0.2) is 0 Å². The van der Waals surface area contributed by atoms with E-state index in [0.717, 1.165) is 31.6 Å². The SMILES string of the molecule is CC(Nc1ccsc1)C(=O)N1CCCC1. The highest BCUT2D eigenvalue weighted by molar-refractivity contribution is 7.08. The third kappa shape index (κ3) is 2.50. The number of amides is 1. The van der Waals surface area contributed by atoms with Gasteiger partial charge in [0.15, 0.2) is 0 Å². The number of anilines is 1. The quantitative estimate of drug-likeness (QED) is 0.853. The summed E-state index contributed by atoms with van der Waals surface area (Å²) in [6.45, 7) is 3.78. The maximum Gasteiger partial charge on any atom is 0.244 e. The molecule has 1 atom stereocenters. The van der Waals surface area contributed by atoms with Crippen molar-refractivity contribution in [3.05, 3.63) is 16.8 Å². The summed E-state index contributed by atoms with van der Waals surface area (Å²) in [6.07, 6.45) is 2.30. The average molecular weight is 224 g/mol. The van der Waals surface area contributed by atoms with Gasteiger partial charge in [-0.15, -0.1) is 0 Å². The first-order valence-corrected chi connectivity index (χ1v) is 6.29. The van der Waals surface area contributed by atoms with Crippen LogP contribution in [0.4, 0.5) is 5.69 Å². The molecule has 0 bridgehead atoms. The van der Waals surface area contributed by atoms with Crippen molar-refractivity contribution in [3.8, 4) is 0 Å². The van der Waals surface area contributed by atoms with Crippen molar-refractivity contribution in [2.45, 2.75) is 25.8 Å². The molecule has 1 unspecified atom stereocenters. The fraction of sp³-hybridized carbons (Fsp3) is 0.545. The van der Waals surface area contributed by atoms with Crippen LogP contribution in [0.1, 0.15) is 19.8 Å². The highest BCUT2D eigenvalue weighted by Gasteiger charge is 2.22. The Bertz CT molecular complexity index is 317. The van der Waals surface area contributed by atoms with E-state index in [-0.39, 0.29) is 11.9 Å². The van der Waals surface area contributed by atoms with E-state index >= 15 is 0 Å². The molecule has 0 spiro atoms. The Kier molecular flexibility index (Phi) is 3.26. The Hall–Kier alpha value is -1.03. The fourth-order valence-electron chi connectivity index (χ4n) is 1.87. The van der Waals surface area contributed by atoms with Crippen LogP contribution in [0.2, 0.25) is 0 Å². The van der Waals surface area contributed by atoms with Crippen molar-refractivity contribution in [2.75, 3.05) is 18.4 Å². The number of nitrogens with one attached hydrogen (secondary N) is 1. The van der Waals surface area contributed by atoms with Crippen LogP contribution in [-0.2, 0) is 4.79 Å². The molecule has 0 aromatic carbocycles. The van der Waals surface area contributed by atoms with Gasteiger partial charge in [-0.1, -0.05) is 0 Å². The van der Waals surface area contributed by atoms with Gasteiger partial charge in [0.1, 0.15) is 6.04 Å². The zero-order valence-corrected chi connectivity index (χ0v) is 9.72. The van der Waals surface area contributed by atoms with E-state index in [2.05, 4.69) is 5.32 Å². The summed E-state index contributed by atoms with van der Waals surface area (Å²) in [6, 6.07) is 1.89. The van der Waals surface area contributed by atoms with Crippen LogP contribution in [0.25, 0.3) is 0 Å². The standard InChI is InChI=1S/C11H16N2OS/c1-9(12-10-4-7-15-8-10)11(14)13-5-2-3-6-13/h4,7-9,12H,2-3,5-6H2,1H3. The molecule has 0 radical (unpaired) electrons. The second-order valence-corrected chi connectivity index (χ2v) is 4.69. The fourth-order valence-corrected chi connectivity index (χ4v) is 2.47. The van der Waals surface area contributed by atoms with Crippen LogP contribution >= 0.6 is 11.3 Å². The lowest BCUT2D eigenvalue weighted by atomic mass is 10.3. The Labute approximate surface area is 94.1 Å². The van der Waals surface area contributed by atoms with Crippen LogP contribution in [0.3, 0.4) is 0 Å². The van der Waals surface area contributed by atoms with Crippen molar-refractivity contribution >= 4 is 22.9 Å². The first-order valence-electron chi connectivity index (χ1n) is 5.35. The van der Waals surface area contributed by atoms with Crippen molar-refractivity contribution in [1.82, 2.24) is 4.90 Å². The summed E-state index contributed by atoms with van der Waals surface area (Å²) in [5.41, 5.74) is 1.04. The molecule has 0 saturated carbocycles. The van der Waals surface area contributed by atoms with E-state index in [9.17, 15) is 4.79 Å². The number of carbonyl (C=O) groups is 1. The number of carbonyl (C=O) groups excluding carboxylic acids is 1. The topological polar surface area (TPSA) is 32.3 Å². The second kappa shape index (κ2) is 4.66. The molecule has 1 fully saturated rings.